The molecule has 0 spiro atoms. The van der Waals surface area contributed by atoms with Gasteiger partial charge in [0.1, 0.15) is 18.0 Å². The van der Waals surface area contributed by atoms with E-state index in [4.69, 9.17) is 9.47 Å². The van der Waals surface area contributed by atoms with Crippen LogP contribution in [0, 0.1) is 0 Å². The van der Waals surface area contributed by atoms with Crippen LogP contribution in [0.4, 0.5) is 4.79 Å². The number of nitrogens with zero attached hydrogens (tertiary/aromatic N) is 1. The van der Waals surface area contributed by atoms with Gasteiger partial charge in [0.15, 0.2) is 0 Å². The van der Waals surface area contributed by atoms with Crippen LogP contribution in [-0.2, 0) is 17.7 Å². The van der Waals surface area contributed by atoms with Crippen molar-refractivity contribution in [2.45, 2.75) is 31.2 Å². The molecule has 3 atom stereocenters. The van der Waals surface area contributed by atoms with Crippen LogP contribution < -0.4 is 15.4 Å². The maximum atomic E-state index is 12.3. The van der Waals surface area contributed by atoms with E-state index >= 15 is 0 Å². The molecule has 152 valence electrons. The van der Waals surface area contributed by atoms with Gasteiger partial charge in [0.2, 0.25) is 0 Å². The Kier molecular flexibility index (Phi) is 5.64. The highest BCUT2D eigenvalue weighted by molar-refractivity contribution is 5.75. The highest BCUT2D eigenvalue weighted by Gasteiger charge is 2.37. The summed E-state index contributed by atoms with van der Waals surface area (Å²) in [6, 6.07) is 13.3. The Morgan fingerprint density at radius 3 is 2.83 bits per heavy atom. The predicted molar refractivity (Wildman–Crippen MR) is 108 cm³/mol. The Morgan fingerprint density at radius 2 is 2.03 bits per heavy atom. The number of fused-ring (bicyclic) bond motifs is 1. The smallest absolute Gasteiger partial charge is 0.407 e. The van der Waals surface area contributed by atoms with Crippen LogP contribution in [0.5, 0.6) is 5.75 Å². The Morgan fingerprint density at radius 1 is 1.24 bits per heavy atom. The number of hydrogen-bond donors (Lipinski definition) is 4. The van der Waals surface area contributed by atoms with Crippen LogP contribution in [0.1, 0.15) is 11.1 Å². The van der Waals surface area contributed by atoms with Crippen molar-refractivity contribution in [3.63, 3.8) is 0 Å². The molecule has 1 saturated heterocycles. The summed E-state index contributed by atoms with van der Waals surface area (Å²) in [5, 5.41) is 16.2. The minimum Gasteiger partial charge on any atom is -0.497 e. The lowest BCUT2D eigenvalue weighted by molar-refractivity contribution is 0.0188. The van der Waals surface area contributed by atoms with Crippen molar-refractivity contribution in [3.05, 3.63) is 59.9 Å². The fourth-order valence-electron chi connectivity index (χ4n) is 3.56. The van der Waals surface area contributed by atoms with Crippen LogP contribution in [-0.4, -0.2) is 53.1 Å². The van der Waals surface area contributed by atoms with Crippen LogP contribution >= 0.6 is 0 Å². The molecule has 1 aliphatic heterocycles. The van der Waals surface area contributed by atoms with E-state index in [0.29, 0.717) is 19.5 Å². The number of β-amino-alcohol motifs (C(OH)–C–C–N with tert-alkyl or cyclic N) is 1. The number of benzene rings is 2. The van der Waals surface area contributed by atoms with Crippen molar-refractivity contribution in [3.8, 4) is 5.75 Å². The normalized spacial score (nSPS) is 21.2. The number of aromatic amines is 1. The molecule has 2 heterocycles. The number of ether oxygens (including phenoxy) is 2. The van der Waals surface area contributed by atoms with E-state index < -0.39 is 18.3 Å². The van der Waals surface area contributed by atoms with Gasteiger partial charge >= 0.3 is 6.09 Å². The topological polar surface area (TPSA) is 108 Å². The first-order valence-electron chi connectivity index (χ1n) is 9.53. The van der Waals surface area contributed by atoms with E-state index in [1.807, 2.05) is 42.5 Å². The number of nitrogens with one attached hydrogen (secondary N) is 3. The highest BCUT2D eigenvalue weighted by Crippen LogP contribution is 2.19. The zero-order valence-corrected chi connectivity index (χ0v) is 16.1. The molecule has 1 fully saturated rings. The number of aromatic nitrogens is 2. The van der Waals surface area contributed by atoms with Gasteiger partial charge in [-0.3, -0.25) is 0 Å². The number of aliphatic hydroxyl groups is 1. The molecule has 3 aromatic rings. The standard InChI is InChI=1S/C21H24N4O4/c1-28-15-5-2-13(3-6-15)8-18-20(19(26)11-22-18)29-21(27)23-10-14-4-7-16-17(9-14)25-12-24-16/h2-7,9,12,18-20,22,26H,8,10-11H2,1H3,(H,23,27)(H,24,25)/t18-,19+,20+/m1/s1. The Bertz CT molecular complexity index is 972. The molecule has 0 aliphatic carbocycles. The van der Waals surface area contributed by atoms with Crippen LogP contribution in [0.15, 0.2) is 48.8 Å². The number of rotatable bonds is 6. The van der Waals surface area contributed by atoms with Gasteiger partial charge in [-0.05, 0) is 41.8 Å². The third kappa shape index (κ3) is 4.49. The monoisotopic (exact) mass is 396 g/mol. The van der Waals surface area contributed by atoms with Gasteiger partial charge in [0.25, 0.3) is 0 Å². The summed E-state index contributed by atoms with van der Waals surface area (Å²) in [6.07, 6.45) is 0.345. The molecule has 29 heavy (non-hydrogen) atoms. The molecule has 0 unspecified atom stereocenters. The van der Waals surface area contributed by atoms with Crippen LogP contribution in [0.2, 0.25) is 0 Å². The predicted octanol–water partition coefficient (Wildman–Crippen LogP) is 1.74. The maximum Gasteiger partial charge on any atom is 0.407 e. The molecule has 8 heteroatoms. The summed E-state index contributed by atoms with van der Waals surface area (Å²) < 4.78 is 10.7. The first-order chi connectivity index (χ1) is 14.1. The van der Waals surface area contributed by atoms with E-state index in [2.05, 4.69) is 20.6 Å². The van der Waals surface area contributed by atoms with E-state index in [1.54, 1.807) is 13.4 Å². The number of aliphatic hydroxyl groups excluding tert-OH is 1. The Balaban J connectivity index is 1.33. The van der Waals surface area contributed by atoms with Crippen LogP contribution in [0.25, 0.3) is 11.0 Å². The van der Waals surface area contributed by atoms with E-state index in [1.165, 1.54) is 0 Å². The molecule has 1 amide bonds. The number of imidazole rings is 1. The molecule has 0 bridgehead atoms. The lowest BCUT2D eigenvalue weighted by atomic mass is 10.0. The van der Waals surface area contributed by atoms with Crippen molar-refractivity contribution in [2.75, 3.05) is 13.7 Å². The van der Waals surface area contributed by atoms with E-state index in [9.17, 15) is 9.90 Å². The molecule has 4 N–H and O–H groups in total. The lowest BCUT2D eigenvalue weighted by Crippen LogP contribution is -2.41. The number of amides is 1. The molecular weight excluding hydrogens is 372 g/mol. The third-order valence-electron chi connectivity index (χ3n) is 5.15. The molecule has 0 saturated carbocycles. The van der Waals surface area contributed by atoms with E-state index in [0.717, 1.165) is 27.9 Å². The summed E-state index contributed by atoms with van der Waals surface area (Å²) >= 11 is 0. The van der Waals surface area contributed by atoms with Crippen molar-refractivity contribution in [2.24, 2.45) is 0 Å². The molecular formula is C21H24N4O4. The average Bonchev–Trinajstić information content (AvgIpc) is 3.34. The van der Waals surface area contributed by atoms with Crippen molar-refractivity contribution in [1.29, 1.82) is 0 Å². The number of H-pyrrole nitrogens is 1. The van der Waals surface area contributed by atoms with Crippen molar-refractivity contribution in [1.82, 2.24) is 20.6 Å². The summed E-state index contributed by atoms with van der Waals surface area (Å²) in [6.45, 7) is 0.704. The van der Waals surface area contributed by atoms with Gasteiger partial charge in [-0.15, -0.1) is 0 Å². The highest BCUT2D eigenvalue weighted by atomic mass is 16.6. The second-order valence-electron chi connectivity index (χ2n) is 7.11. The molecule has 2 aromatic carbocycles. The second-order valence-corrected chi connectivity index (χ2v) is 7.11. The third-order valence-corrected chi connectivity index (χ3v) is 5.15. The van der Waals surface area contributed by atoms with E-state index in [-0.39, 0.29) is 6.04 Å². The summed E-state index contributed by atoms with van der Waals surface area (Å²) in [5.41, 5.74) is 3.77. The average molecular weight is 396 g/mol. The first-order valence-corrected chi connectivity index (χ1v) is 9.53. The molecule has 0 radical (unpaired) electrons. The van der Waals surface area contributed by atoms with Gasteiger partial charge in [0.05, 0.1) is 30.5 Å². The molecule has 8 nitrogen and oxygen atoms in total. The minimum absolute atomic E-state index is 0.162. The number of carbonyl (C=O) groups is 1. The molecule has 4 rings (SSSR count). The zero-order valence-electron chi connectivity index (χ0n) is 16.1. The van der Waals surface area contributed by atoms with Crippen LogP contribution in [0.3, 0.4) is 0 Å². The quantitative estimate of drug-likeness (QED) is 0.506. The lowest BCUT2D eigenvalue weighted by Gasteiger charge is -2.22. The minimum atomic E-state index is -0.746. The number of hydrogen-bond acceptors (Lipinski definition) is 6. The second kappa shape index (κ2) is 8.50. The van der Waals surface area contributed by atoms with Gasteiger partial charge in [-0.25, -0.2) is 9.78 Å². The number of carbonyl (C=O) groups excluding carboxylic acids is 1. The molecule has 1 aliphatic rings. The summed E-state index contributed by atoms with van der Waals surface area (Å²) in [7, 11) is 1.62. The number of alkyl carbamates (subject to hydrolysis) is 1. The molecule has 1 aromatic heterocycles. The Hall–Kier alpha value is -3.10. The fourth-order valence-corrected chi connectivity index (χ4v) is 3.56. The first kappa shape index (κ1) is 19.2. The number of methoxy groups -OCH3 is 1. The van der Waals surface area contributed by atoms with Gasteiger partial charge in [-0.2, -0.15) is 0 Å². The van der Waals surface area contributed by atoms with Gasteiger partial charge < -0.3 is 30.2 Å². The summed E-state index contributed by atoms with van der Waals surface area (Å²) in [5.74, 6) is 0.786. The van der Waals surface area contributed by atoms with Gasteiger partial charge in [0, 0.05) is 13.1 Å². The zero-order chi connectivity index (χ0) is 20.2. The largest absolute Gasteiger partial charge is 0.497 e. The SMILES string of the molecule is COc1ccc(C[C@H]2NC[C@H](O)[C@H]2OC(=O)NCc2ccc3[nH]cnc3c2)cc1. The van der Waals surface area contributed by atoms with Gasteiger partial charge in [-0.1, -0.05) is 18.2 Å². The summed E-state index contributed by atoms with van der Waals surface area (Å²) in [4.78, 5) is 19.5. The maximum absolute atomic E-state index is 12.3. The Labute approximate surface area is 168 Å². The van der Waals surface area contributed by atoms with Crippen molar-refractivity contribution >= 4 is 17.1 Å². The van der Waals surface area contributed by atoms with Crippen molar-refractivity contribution < 1.29 is 19.4 Å². The fraction of sp³-hybridized carbons (Fsp3) is 0.333.